The number of benzene rings is 1. The van der Waals surface area contributed by atoms with Crippen molar-refractivity contribution >= 4 is 10.0 Å². The van der Waals surface area contributed by atoms with Gasteiger partial charge in [0.25, 0.3) is 0 Å². The molecule has 1 rings (SSSR count). The molecule has 1 aromatic carbocycles. The molecular weight excluding hydrogens is 240 g/mol. The lowest BCUT2D eigenvalue weighted by molar-refractivity contribution is 0.258. The summed E-state index contributed by atoms with van der Waals surface area (Å²) >= 11 is 0. The number of nitriles is 1. The van der Waals surface area contributed by atoms with Crippen LogP contribution in [0.5, 0.6) is 0 Å². The number of nitrogens with zero attached hydrogens (tertiary/aromatic N) is 1. The molecule has 0 saturated carbocycles. The molecule has 0 aliphatic heterocycles. The fourth-order valence-electron chi connectivity index (χ4n) is 1.26. The average Bonchev–Trinajstić information content (AvgIpc) is 2.28. The first-order valence-corrected chi connectivity index (χ1v) is 6.54. The maximum atomic E-state index is 11.9. The summed E-state index contributed by atoms with van der Waals surface area (Å²) in [5.41, 5.74) is 0.958. The van der Waals surface area contributed by atoms with Crippen LogP contribution in [0.3, 0.4) is 0 Å². The van der Waals surface area contributed by atoms with Crippen LogP contribution < -0.4 is 4.72 Å². The van der Waals surface area contributed by atoms with E-state index < -0.39 is 22.7 Å². The summed E-state index contributed by atoms with van der Waals surface area (Å²) in [7, 11) is -3.67. The van der Waals surface area contributed by atoms with Gasteiger partial charge in [0.1, 0.15) is 0 Å². The molecule has 1 atom stereocenters. The molecule has 0 bridgehead atoms. The molecule has 0 aliphatic rings. The monoisotopic (exact) mass is 254 g/mol. The van der Waals surface area contributed by atoms with Gasteiger partial charge in [0, 0.05) is 0 Å². The van der Waals surface area contributed by atoms with E-state index in [-0.39, 0.29) is 11.3 Å². The summed E-state index contributed by atoms with van der Waals surface area (Å²) in [6, 6.07) is 7.39. The first-order valence-electron chi connectivity index (χ1n) is 5.06. The molecule has 0 spiro atoms. The lowest BCUT2D eigenvalue weighted by Crippen LogP contribution is -2.37. The Labute approximate surface area is 101 Å². The molecule has 0 unspecified atom stereocenters. The Hall–Kier alpha value is -1.42. The molecule has 0 radical (unpaired) electrons. The van der Waals surface area contributed by atoms with Crippen molar-refractivity contribution in [2.24, 2.45) is 0 Å². The Morgan fingerprint density at radius 1 is 1.41 bits per heavy atom. The van der Waals surface area contributed by atoms with E-state index in [1.807, 2.05) is 13.0 Å². The van der Waals surface area contributed by atoms with Gasteiger partial charge in [-0.15, -0.1) is 0 Å². The molecule has 0 aromatic heterocycles. The first-order chi connectivity index (χ1) is 7.99. The van der Waals surface area contributed by atoms with Gasteiger partial charge in [0.2, 0.25) is 10.0 Å². The highest BCUT2D eigenvalue weighted by Crippen LogP contribution is 2.10. The molecule has 0 fully saturated rings. The summed E-state index contributed by atoms with van der Waals surface area (Å²) in [5.74, 6) is 0. The van der Waals surface area contributed by atoms with Crippen LogP contribution in [-0.2, 0) is 10.0 Å². The highest BCUT2D eigenvalue weighted by Gasteiger charge is 2.19. The lowest BCUT2D eigenvalue weighted by Gasteiger charge is -2.13. The first kappa shape index (κ1) is 13.6. The number of nitrogens with one attached hydrogen (secondary N) is 1. The second kappa shape index (κ2) is 5.77. The Balaban J connectivity index is 2.89. The third-order valence-corrected chi connectivity index (χ3v) is 3.75. The lowest BCUT2D eigenvalue weighted by atomic mass is 10.2. The minimum Gasteiger partial charge on any atom is -0.395 e. The molecule has 6 heteroatoms. The van der Waals surface area contributed by atoms with Crippen LogP contribution in [-0.4, -0.2) is 26.2 Å². The molecule has 92 valence electrons. The van der Waals surface area contributed by atoms with Crippen LogP contribution >= 0.6 is 0 Å². The van der Waals surface area contributed by atoms with Crippen molar-refractivity contribution in [1.82, 2.24) is 4.72 Å². The van der Waals surface area contributed by atoms with Crippen molar-refractivity contribution in [2.45, 2.75) is 24.3 Å². The molecule has 0 amide bonds. The maximum absolute atomic E-state index is 11.9. The topological polar surface area (TPSA) is 90.2 Å². The van der Waals surface area contributed by atoms with Crippen molar-refractivity contribution in [1.29, 1.82) is 5.26 Å². The normalized spacial score (nSPS) is 13.0. The number of aryl methyl sites for hydroxylation is 1. The van der Waals surface area contributed by atoms with Gasteiger partial charge in [-0.25, -0.2) is 13.1 Å². The van der Waals surface area contributed by atoms with E-state index in [9.17, 15) is 8.42 Å². The van der Waals surface area contributed by atoms with Gasteiger partial charge >= 0.3 is 0 Å². The molecule has 2 N–H and O–H groups in total. The predicted octanol–water partition coefficient (Wildman–Crippen LogP) is 0.548. The third-order valence-electron chi connectivity index (χ3n) is 2.21. The van der Waals surface area contributed by atoms with Gasteiger partial charge in [0.15, 0.2) is 0 Å². The van der Waals surface area contributed by atoms with Crippen molar-refractivity contribution < 1.29 is 13.5 Å². The van der Waals surface area contributed by atoms with Crippen molar-refractivity contribution in [3.05, 3.63) is 29.8 Å². The number of hydrogen-bond donors (Lipinski definition) is 2. The van der Waals surface area contributed by atoms with Gasteiger partial charge < -0.3 is 5.11 Å². The zero-order valence-corrected chi connectivity index (χ0v) is 10.2. The van der Waals surface area contributed by atoms with E-state index in [1.54, 1.807) is 12.1 Å². The summed E-state index contributed by atoms with van der Waals surface area (Å²) in [6.07, 6.45) is -0.0679. The van der Waals surface area contributed by atoms with Gasteiger partial charge in [-0.05, 0) is 19.1 Å². The van der Waals surface area contributed by atoms with E-state index in [2.05, 4.69) is 4.72 Å². The minimum absolute atomic E-state index is 0.0679. The van der Waals surface area contributed by atoms with Crippen LogP contribution in [0.1, 0.15) is 12.0 Å². The van der Waals surface area contributed by atoms with E-state index in [1.165, 1.54) is 12.1 Å². The Morgan fingerprint density at radius 2 is 2.00 bits per heavy atom. The van der Waals surface area contributed by atoms with E-state index in [4.69, 9.17) is 10.4 Å². The summed E-state index contributed by atoms with van der Waals surface area (Å²) in [4.78, 5) is 0.125. The Morgan fingerprint density at radius 3 is 2.47 bits per heavy atom. The second-order valence-corrected chi connectivity index (χ2v) is 5.39. The zero-order valence-electron chi connectivity index (χ0n) is 9.42. The van der Waals surface area contributed by atoms with Gasteiger partial charge in [-0.1, -0.05) is 17.7 Å². The molecular formula is C11H14N2O3S. The van der Waals surface area contributed by atoms with Crippen LogP contribution in [0.15, 0.2) is 29.2 Å². The van der Waals surface area contributed by atoms with Crippen molar-refractivity contribution in [3.63, 3.8) is 0 Å². The number of rotatable bonds is 5. The predicted molar refractivity (Wildman–Crippen MR) is 62.6 cm³/mol. The van der Waals surface area contributed by atoms with E-state index in [0.717, 1.165) is 5.56 Å². The zero-order chi connectivity index (χ0) is 12.9. The van der Waals surface area contributed by atoms with Crippen LogP contribution in [0.25, 0.3) is 0 Å². The van der Waals surface area contributed by atoms with E-state index in [0.29, 0.717) is 0 Å². The van der Waals surface area contributed by atoms with Crippen LogP contribution in [0, 0.1) is 18.3 Å². The summed E-state index contributed by atoms with van der Waals surface area (Å²) in [6.45, 7) is 1.45. The minimum atomic E-state index is -3.67. The summed E-state index contributed by atoms with van der Waals surface area (Å²) < 4.78 is 26.0. The smallest absolute Gasteiger partial charge is 0.240 e. The Kier molecular flexibility index (Phi) is 4.63. The molecule has 17 heavy (non-hydrogen) atoms. The third kappa shape index (κ3) is 3.82. The van der Waals surface area contributed by atoms with Crippen LogP contribution in [0.2, 0.25) is 0 Å². The fraction of sp³-hybridized carbons (Fsp3) is 0.364. The van der Waals surface area contributed by atoms with Gasteiger partial charge in [-0.2, -0.15) is 5.26 Å². The largest absolute Gasteiger partial charge is 0.395 e. The maximum Gasteiger partial charge on any atom is 0.240 e. The summed E-state index contributed by atoms with van der Waals surface area (Å²) in [5, 5.41) is 17.4. The second-order valence-electron chi connectivity index (χ2n) is 3.68. The molecule has 1 aromatic rings. The molecule has 0 aliphatic carbocycles. The standard InChI is InChI=1S/C11H14N2O3S/c1-9-2-4-11(5-3-9)17(15,16)13-10(8-14)6-7-12/h2-5,10,13-14H,6,8H2,1H3/t10-/m0/s1. The van der Waals surface area contributed by atoms with Gasteiger partial charge in [0.05, 0.1) is 30.0 Å². The highest BCUT2D eigenvalue weighted by molar-refractivity contribution is 7.89. The fourth-order valence-corrected chi connectivity index (χ4v) is 2.49. The Bertz CT molecular complexity index is 503. The SMILES string of the molecule is Cc1ccc(S(=O)(=O)N[C@H](CO)CC#N)cc1. The molecule has 5 nitrogen and oxygen atoms in total. The average molecular weight is 254 g/mol. The van der Waals surface area contributed by atoms with E-state index >= 15 is 0 Å². The quantitative estimate of drug-likeness (QED) is 0.802. The van der Waals surface area contributed by atoms with Crippen LogP contribution in [0.4, 0.5) is 0 Å². The number of sulfonamides is 1. The van der Waals surface area contributed by atoms with Gasteiger partial charge in [-0.3, -0.25) is 0 Å². The highest BCUT2D eigenvalue weighted by atomic mass is 32.2. The molecule has 0 saturated heterocycles. The molecule has 0 heterocycles. The number of aliphatic hydroxyl groups excluding tert-OH is 1. The van der Waals surface area contributed by atoms with Crippen molar-refractivity contribution in [3.8, 4) is 6.07 Å². The number of hydrogen-bond acceptors (Lipinski definition) is 4. The number of aliphatic hydroxyl groups is 1. The van der Waals surface area contributed by atoms with Crippen molar-refractivity contribution in [2.75, 3.05) is 6.61 Å².